The number of anilines is 1. The van der Waals surface area contributed by atoms with E-state index in [1.807, 2.05) is 36.4 Å². The minimum atomic E-state index is 0.699. The molecule has 22 heavy (non-hydrogen) atoms. The third kappa shape index (κ3) is 3.25. The topological polar surface area (TPSA) is 76.8 Å². The van der Waals surface area contributed by atoms with Crippen LogP contribution in [-0.2, 0) is 12.8 Å². The highest BCUT2D eigenvalue weighted by atomic mass is 16.5. The first-order valence-corrected chi connectivity index (χ1v) is 7.15. The third-order valence-electron chi connectivity index (χ3n) is 3.51. The molecule has 112 valence electrons. The second-order valence-electron chi connectivity index (χ2n) is 5.08. The number of H-pyrrole nitrogens is 1. The van der Waals surface area contributed by atoms with E-state index in [1.54, 1.807) is 7.11 Å². The van der Waals surface area contributed by atoms with E-state index in [2.05, 4.69) is 27.3 Å². The number of nitrogen functional groups attached to an aromatic ring is 1. The van der Waals surface area contributed by atoms with Gasteiger partial charge in [-0.1, -0.05) is 12.1 Å². The molecule has 3 aromatic rings. The number of hydrogen-bond donors (Lipinski definition) is 2. The lowest BCUT2D eigenvalue weighted by atomic mass is 10.1. The fourth-order valence-corrected chi connectivity index (χ4v) is 2.22. The van der Waals surface area contributed by atoms with Crippen LogP contribution in [0.2, 0.25) is 0 Å². The average molecular weight is 294 g/mol. The maximum Gasteiger partial charge on any atom is 0.181 e. The number of benzene rings is 2. The standard InChI is InChI=1S/C17H18N4O/c1-22-15-9-2-12(3-10-15)4-11-16-19-17(21-20-16)13-5-7-14(18)8-6-13/h2-3,5-10H,4,11,18H2,1H3,(H,19,20,21). The minimum absolute atomic E-state index is 0.699. The molecule has 0 unspecified atom stereocenters. The van der Waals surface area contributed by atoms with E-state index >= 15 is 0 Å². The molecule has 5 nitrogen and oxygen atoms in total. The Labute approximate surface area is 129 Å². The molecule has 3 N–H and O–H groups in total. The van der Waals surface area contributed by atoms with E-state index in [4.69, 9.17) is 10.5 Å². The minimum Gasteiger partial charge on any atom is -0.497 e. The summed E-state index contributed by atoms with van der Waals surface area (Å²) in [7, 11) is 1.67. The van der Waals surface area contributed by atoms with Crippen LogP contribution in [0.1, 0.15) is 11.4 Å². The second kappa shape index (κ2) is 6.30. The van der Waals surface area contributed by atoms with Crippen molar-refractivity contribution < 1.29 is 4.74 Å². The van der Waals surface area contributed by atoms with Crippen molar-refractivity contribution in [3.05, 3.63) is 59.9 Å². The van der Waals surface area contributed by atoms with Crippen LogP contribution >= 0.6 is 0 Å². The normalized spacial score (nSPS) is 10.6. The van der Waals surface area contributed by atoms with Crippen LogP contribution in [0.5, 0.6) is 5.75 Å². The summed E-state index contributed by atoms with van der Waals surface area (Å²) in [4.78, 5) is 4.53. The summed E-state index contributed by atoms with van der Waals surface area (Å²) in [6, 6.07) is 15.6. The van der Waals surface area contributed by atoms with Crippen LogP contribution in [0.15, 0.2) is 48.5 Å². The van der Waals surface area contributed by atoms with Crippen molar-refractivity contribution in [3.8, 4) is 17.1 Å². The predicted octanol–water partition coefficient (Wildman–Crippen LogP) is 2.85. The molecule has 0 saturated heterocycles. The molecule has 0 saturated carbocycles. The number of hydrogen-bond acceptors (Lipinski definition) is 4. The van der Waals surface area contributed by atoms with Gasteiger partial charge in [-0.05, 0) is 48.4 Å². The number of rotatable bonds is 5. The SMILES string of the molecule is COc1ccc(CCc2nc(-c3ccc(N)cc3)n[nH]2)cc1. The molecule has 5 heteroatoms. The highest BCUT2D eigenvalue weighted by molar-refractivity contribution is 5.58. The first kappa shape index (κ1) is 14.1. The Kier molecular flexibility index (Phi) is 4.05. The van der Waals surface area contributed by atoms with E-state index in [1.165, 1.54) is 5.56 Å². The molecule has 0 aliphatic carbocycles. The van der Waals surface area contributed by atoms with Crippen molar-refractivity contribution in [1.82, 2.24) is 15.2 Å². The molecule has 3 rings (SSSR count). The molecule has 0 radical (unpaired) electrons. The van der Waals surface area contributed by atoms with Gasteiger partial charge in [-0.15, -0.1) is 0 Å². The second-order valence-corrected chi connectivity index (χ2v) is 5.08. The smallest absolute Gasteiger partial charge is 0.181 e. The van der Waals surface area contributed by atoms with Crippen LogP contribution < -0.4 is 10.5 Å². The van der Waals surface area contributed by atoms with Crippen molar-refractivity contribution in [3.63, 3.8) is 0 Å². The lowest BCUT2D eigenvalue weighted by Crippen LogP contribution is -1.94. The summed E-state index contributed by atoms with van der Waals surface area (Å²) in [5.41, 5.74) is 8.62. The number of aromatic nitrogens is 3. The largest absolute Gasteiger partial charge is 0.497 e. The van der Waals surface area contributed by atoms with E-state index in [-0.39, 0.29) is 0 Å². The van der Waals surface area contributed by atoms with Gasteiger partial charge in [0.25, 0.3) is 0 Å². The van der Waals surface area contributed by atoms with E-state index in [9.17, 15) is 0 Å². The van der Waals surface area contributed by atoms with E-state index in [0.29, 0.717) is 5.82 Å². The summed E-state index contributed by atoms with van der Waals surface area (Å²) < 4.78 is 5.16. The Balaban J connectivity index is 1.65. The Morgan fingerprint density at radius 1 is 1.00 bits per heavy atom. The van der Waals surface area contributed by atoms with Gasteiger partial charge >= 0.3 is 0 Å². The molecule has 0 fully saturated rings. The highest BCUT2D eigenvalue weighted by Gasteiger charge is 2.06. The Hall–Kier alpha value is -2.82. The molecule has 2 aromatic carbocycles. The zero-order valence-corrected chi connectivity index (χ0v) is 12.4. The quantitative estimate of drug-likeness (QED) is 0.709. The summed E-state index contributed by atoms with van der Waals surface area (Å²) in [6.45, 7) is 0. The Morgan fingerprint density at radius 2 is 1.73 bits per heavy atom. The summed E-state index contributed by atoms with van der Waals surface area (Å²) in [5, 5.41) is 7.25. The third-order valence-corrected chi connectivity index (χ3v) is 3.51. The van der Waals surface area contributed by atoms with Crippen LogP contribution in [0.3, 0.4) is 0 Å². The van der Waals surface area contributed by atoms with Crippen molar-refractivity contribution in [2.75, 3.05) is 12.8 Å². The van der Waals surface area contributed by atoms with Crippen molar-refractivity contribution in [2.45, 2.75) is 12.8 Å². The van der Waals surface area contributed by atoms with Gasteiger partial charge in [0.15, 0.2) is 5.82 Å². The van der Waals surface area contributed by atoms with Gasteiger partial charge in [0.1, 0.15) is 11.6 Å². The van der Waals surface area contributed by atoms with Gasteiger partial charge in [-0.3, -0.25) is 5.10 Å². The van der Waals surface area contributed by atoms with Crippen molar-refractivity contribution in [2.24, 2.45) is 0 Å². The summed E-state index contributed by atoms with van der Waals surface area (Å²) in [6.07, 6.45) is 1.72. The van der Waals surface area contributed by atoms with E-state index in [0.717, 1.165) is 35.7 Å². The molecule has 0 aliphatic rings. The van der Waals surface area contributed by atoms with Crippen LogP contribution in [0.25, 0.3) is 11.4 Å². The van der Waals surface area contributed by atoms with Gasteiger partial charge in [-0.2, -0.15) is 5.10 Å². The van der Waals surface area contributed by atoms with E-state index < -0.39 is 0 Å². The zero-order valence-electron chi connectivity index (χ0n) is 12.4. The lowest BCUT2D eigenvalue weighted by molar-refractivity contribution is 0.414. The zero-order chi connectivity index (χ0) is 15.4. The monoisotopic (exact) mass is 294 g/mol. The van der Waals surface area contributed by atoms with Crippen LogP contribution in [0, 0.1) is 0 Å². The first-order chi connectivity index (χ1) is 10.7. The fraction of sp³-hybridized carbons (Fsp3) is 0.176. The van der Waals surface area contributed by atoms with Gasteiger partial charge in [0.2, 0.25) is 0 Å². The average Bonchev–Trinajstić information content (AvgIpc) is 3.03. The van der Waals surface area contributed by atoms with Crippen LogP contribution in [-0.4, -0.2) is 22.3 Å². The summed E-state index contributed by atoms with van der Waals surface area (Å²) >= 11 is 0. The number of nitrogens with one attached hydrogen (secondary N) is 1. The van der Waals surface area contributed by atoms with Crippen molar-refractivity contribution in [1.29, 1.82) is 0 Å². The molecule has 0 amide bonds. The number of nitrogens with two attached hydrogens (primary N) is 1. The number of ether oxygens (including phenoxy) is 1. The molecule has 0 aliphatic heterocycles. The number of methoxy groups -OCH3 is 1. The molecule has 1 heterocycles. The lowest BCUT2D eigenvalue weighted by Gasteiger charge is -2.02. The molecular formula is C17H18N4O. The van der Waals surface area contributed by atoms with Gasteiger partial charge in [-0.25, -0.2) is 4.98 Å². The van der Waals surface area contributed by atoms with Gasteiger partial charge in [0, 0.05) is 17.7 Å². The number of nitrogens with zero attached hydrogens (tertiary/aromatic N) is 2. The molecule has 0 bridgehead atoms. The molecular weight excluding hydrogens is 276 g/mol. The fourth-order valence-electron chi connectivity index (χ4n) is 2.22. The molecule has 0 spiro atoms. The highest BCUT2D eigenvalue weighted by Crippen LogP contribution is 2.17. The Bertz CT molecular complexity index is 732. The Morgan fingerprint density at radius 3 is 2.41 bits per heavy atom. The van der Waals surface area contributed by atoms with Gasteiger partial charge < -0.3 is 10.5 Å². The number of aromatic amines is 1. The predicted molar refractivity (Wildman–Crippen MR) is 86.6 cm³/mol. The maximum absolute atomic E-state index is 5.69. The summed E-state index contributed by atoms with van der Waals surface area (Å²) in [5.74, 6) is 2.45. The first-order valence-electron chi connectivity index (χ1n) is 7.15. The maximum atomic E-state index is 5.69. The number of aryl methyl sites for hydroxylation is 2. The van der Waals surface area contributed by atoms with Crippen molar-refractivity contribution >= 4 is 5.69 Å². The van der Waals surface area contributed by atoms with Crippen LogP contribution in [0.4, 0.5) is 5.69 Å². The van der Waals surface area contributed by atoms with Gasteiger partial charge in [0.05, 0.1) is 7.11 Å². The molecule has 0 atom stereocenters. The molecule has 1 aromatic heterocycles.